The zero-order valence-corrected chi connectivity index (χ0v) is 11.1. The first-order chi connectivity index (χ1) is 8.37. The van der Waals surface area contributed by atoms with E-state index in [4.69, 9.17) is 4.74 Å². The molecule has 1 aromatic carbocycles. The summed E-state index contributed by atoms with van der Waals surface area (Å²) in [4.78, 5) is 11.4. The topological polar surface area (TPSA) is 58.6 Å². The van der Waals surface area contributed by atoms with Crippen LogP contribution in [0.25, 0.3) is 0 Å². The number of rotatable bonds is 4. The van der Waals surface area contributed by atoms with Crippen LogP contribution < -0.4 is 5.32 Å². The van der Waals surface area contributed by atoms with Crippen molar-refractivity contribution in [2.45, 2.75) is 45.4 Å². The van der Waals surface area contributed by atoms with Crippen molar-refractivity contribution in [3.05, 3.63) is 35.9 Å². The van der Waals surface area contributed by atoms with Crippen LogP contribution in [0.15, 0.2) is 30.3 Å². The van der Waals surface area contributed by atoms with Crippen molar-refractivity contribution in [1.82, 2.24) is 5.32 Å². The molecular formula is C14H21NO3. The zero-order valence-electron chi connectivity index (χ0n) is 11.1. The van der Waals surface area contributed by atoms with Crippen LogP contribution in [-0.4, -0.2) is 23.0 Å². The molecule has 0 saturated carbocycles. The second-order valence-corrected chi connectivity index (χ2v) is 5.19. The number of carbonyl (C=O) groups excluding carboxylic acids is 1. The van der Waals surface area contributed by atoms with Crippen LogP contribution >= 0.6 is 0 Å². The monoisotopic (exact) mass is 251 g/mol. The van der Waals surface area contributed by atoms with Crippen molar-refractivity contribution in [3.8, 4) is 0 Å². The highest BCUT2D eigenvalue weighted by Gasteiger charge is 2.18. The van der Waals surface area contributed by atoms with Gasteiger partial charge in [0.2, 0.25) is 0 Å². The highest BCUT2D eigenvalue weighted by molar-refractivity contribution is 5.67. The Hall–Kier alpha value is -1.55. The van der Waals surface area contributed by atoms with Crippen LogP contribution in [0.3, 0.4) is 0 Å². The molecule has 0 fully saturated rings. The lowest BCUT2D eigenvalue weighted by atomic mass is 10.1. The number of carbonyl (C=O) groups is 1. The van der Waals surface area contributed by atoms with Gasteiger partial charge in [0.25, 0.3) is 0 Å². The predicted molar refractivity (Wildman–Crippen MR) is 70.1 cm³/mol. The number of nitrogens with one attached hydrogen (secondary N) is 1. The number of benzene rings is 1. The molecule has 2 N–H and O–H groups in total. The van der Waals surface area contributed by atoms with E-state index in [1.807, 2.05) is 30.3 Å². The highest BCUT2D eigenvalue weighted by Crippen LogP contribution is 2.08. The zero-order chi connectivity index (χ0) is 13.6. The SMILES string of the molecule is CC(C)(C)OC(=O)NC(O)CCc1ccccc1. The van der Waals surface area contributed by atoms with E-state index in [-0.39, 0.29) is 0 Å². The van der Waals surface area contributed by atoms with Gasteiger partial charge < -0.3 is 9.84 Å². The molecule has 0 bridgehead atoms. The Kier molecular flexibility index (Phi) is 5.16. The van der Waals surface area contributed by atoms with E-state index in [9.17, 15) is 9.90 Å². The smallest absolute Gasteiger partial charge is 0.409 e. The molecule has 0 heterocycles. The van der Waals surface area contributed by atoms with Crippen molar-refractivity contribution in [2.24, 2.45) is 0 Å². The molecule has 0 aliphatic heterocycles. The van der Waals surface area contributed by atoms with Gasteiger partial charge in [0.1, 0.15) is 11.8 Å². The standard InChI is InChI=1S/C14H21NO3/c1-14(2,3)18-13(17)15-12(16)10-9-11-7-5-4-6-8-11/h4-8,12,16H,9-10H2,1-3H3,(H,15,17). The van der Waals surface area contributed by atoms with Gasteiger partial charge >= 0.3 is 6.09 Å². The fourth-order valence-electron chi connectivity index (χ4n) is 1.46. The predicted octanol–water partition coefficient (Wildman–Crippen LogP) is 2.46. The van der Waals surface area contributed by atoms with Gasteiger partial charge in [0.05, 0.1) is 0 Å². The number of hydrogen-bond acceptors (Lipinski definition) is 3. The summed E-state index contributed by atoms with van der Waals surface area (Å²) in [5.41, 5.74) is 0.575. The van der Waals surface area contributed by atoms with Gasteiger partial charge in [-0.25, -0.2) is 4.79 Å². The summed E-state index contributed by atoms with van der Waals surface area (Å²) in [6.07, 6.45) is -0.316. The minimum absolute atomic E-state index is 0.462. The van der Waals surface area contributed by atoms with Crippen LogP contribution in [0.2, 0.25) is 0 Å². The average molecular weight is 251 g/mol. The van der Waals surface area contributed by atoms with Crippen molar-refractivity contribution >= 4 is 6.09 Å². The Labute approximate surface area is 108 Å². The summed E-state index contributed by atoms with van der Waals surface area (Å²) < 4.78 is 5.05. The first kappa shape index (κ1) is 14.5. The Morgan fingerprint density at radius 3 is 2.50 bits per heavy atom. The van der Waals surface area contributed by atoms with E-state index >= 15 is 0 Å². The maximum atomic E-state index is 11.4. The van der Waals surface area contributed by atoms with Crippen LogP contribution in [-0.2, 0) is 11.2 Å². The number of aliphatic hydroxyl groups is 1. The summed E-state index contributed by atoms with van der Waals surface area (Å²) in [5, 5.41) is 12.1. The molecule has 0 aliphatic rings. The molecule has 18 heavy (non-hydrogen) atoms. The molecule has 1 amide bonds. The molecule has 1 rings (SSSR count). The number of aryl methyl sites for hydroxylation is 1. The number of alkyl carbamates (subject to hydrolysis) is 1. The van der Waals surface area contributed by atoms with Gasteiger partial charge in [0, 0.05) is 0 Å². The van der Waals surface area contributed by atoms with Gasteiger partial charge in [-0.3, -0.25) is 5.32 Å². The average Bonchev–Trinajstić information content (AvgIpc) is 2.25. The van der Waals surface area contributed by atoms with Gasteiger partial charge in [-0.05, 0) is 39.2 Å². The lowest BCUT2D eigenvalue weighted by Gasteiger charge is -2.21. The van der Waals surface area contributed by atoms with Crippen molar-refractivity contribution in [3.63, 3.8) is 0 Å². The lowest BCUT2D eigenvalue weighted by Crippen LogP contribution is -2.39. The Bertz CT molecular complexity index is 370. The fraction of sp³-hybridized carbons (Fsp3) is 0.500. The summed E-state index contributed by atoms with van der Waals surface area (Å²) in [6.45, 7) is 5.34. The number of ether oxygens (including phenoxy) is 1. The molecule has 0 saturated heterocycles. The van der Waals surface area contributed by atoms with Crippen LogP contribution in [0.1, 0.15) is 32.8 Å². The molecule has 4 nitrogen and oxygen atoms in total. The van der Waals surface area contributed by atoms with E-state index in [1.54, 1.807) is 20.8 Å². The second-order valence-electron chi connectivity index (χ2n) is 5.19. The summed E-state index contributed by atoms with van der Waals surface area (Å²) in [5.74, 6) is 0. The van der Waals surface area contributed by atoms with Gasteiger partial charge in [0.15, 0.2) is 0 Å². The van der Waals surface area contributed by atoms with Gasteiger partial charge in [-0.1, -0.05) is 30.3 Å². The molecule has 4 heteroatoms. The summed E-state index contributed by atoms with van der Waals surface area (Å²) in [7, 11) is 0. The first-order valence-electron chi connectivity index (χ1n) is 6.08. The van der Waals surface area contributed by atoms with E-state index in [2.05, 4.69) is 5.32 Å². The molecule has 0 radical (unpaired) electrons. The maximum Gasteiger partial charge on any atom is 0.409 e. The van der Waals surface area contributed by atoms with Crippen molar-refractivity contribution < 1.29 is 14.6 Å². The fourth-order valence-corrected chi connectivity index (χ4v) is 1.46. The summed E-state index contributed by atoms with van der Waals surface area (Å²) >= 11 is 0. The van der Waals surface area contributed by atoms with Crippen molar-refractivity contribution in [2.75, 3.05) is 0 Å². The van der Waals surface area contributed by atoms with Crippen LogP contribution in [0.4, 0.5) is 4.79 Å². The Morgan fingerprint density at radius 1 is 1.33 bits per heavy atom. The first-order valence-corrected chi connectivity index (χ1v) is 6.08. The van der Waals surface area contributed by atoms with E-state index < -0.39 is 17.9 Å². The third-order valence-electron chi connectivity index (χ3n) is 2.23. The minimum atomic E-state index is -0.889. The number of hydrogen-bond donors (Lipinski definition) is 2. The largest absolute Gasteiger partial charge is 0.444 e. The Morgan fingerprint density at radius 2 is 1.94 bits per heavy atom. The molecule has 0 spiro atoms. The van der Waals surface area contributed by atoms with E-state index in [0.29, 0.717) is 12.8 Å². The van der Waals surface area contributed by atoms with E-state index in [0.717, 1.165) is 5.56 Å². The molecule has 0 aliphatic carbocycles. The quantitative estimate of drug-likeness (QED) is 0.808. The lowest BCUT2D eigenvalue weighted by molar-refractivity contribution is 0.0345. The van der Waals surface area contributed by atoms with Crippen LogP contribution in [0, 0.1) is 0 Å². The third-order valence-corrected chi connectivity index (χ3v) is 2.23. The molecule has 1 atom stereocenters. The van der Waals surface area contributed by atoms with Gasteiger partial charge in [-0.2, -0.15) is 0 Å². The van der Waals surface area contributed by atoms with E-state index in [1.165, 1.54) is 0 Å². The number of aliphatic hydroxyl groups excluding tert-OH is 1. The minimum Gasteiger partial charge on any atom is -0.444 e. The molecule has 0 aromatic heterocycles. The molecule has 100 valence electrons. The van der Waals surface area contributed by atoms with Crippen LogP contribution in [0.5, 0.6) is 0 Å². The van der Waals surface area contributed by atoms with Gasteiger partial charge in [-0.15, -0.1) is 0 Å². The summed E-state index contributed by atoms with van der Waals surface area (Å²) in [6, 6.07) is 9.81. The Balaban J connectivity index is 2.29. The maximum absolute atomic E-state index is 11.4. The number of amides is 1. The highest BCUT2D eigenvalue weighted by atomic mass is 16.6. The molecule has 1 unspecified atom stereocenters. The van der Waals surface area contributed by atoms with Crippen molar-refractivity contribution in [1.29, 1.82) is 0 Å². The third kappa shape index (κ3) is 6.25. The molecular weight excluding hydrogens is 230 g/mol. The normalized spacial score (nSPS) is 12.9. The molecule has 1 aromatic rings. The second kappa shape index (κ2) is 6.40.